The van der Waals surface area contributed by atoms with E-state index in [4.69, 9.17) is 0 Å². The summed E-state index contributed by atoms with van der Waals surface area (Å²) in [7, 11) is 1.91. The highest BCUT2D eigenvalue weighted by molar-refractivity contribution is 9.10. The molecule has 1 aliphatic carbocycles. The van der Waals surface area contributed by atoms with Gasteiger partial charge in [0.25, 0.3) is 0 Å². The van der Waals surface area contributed by atoms with E-state index in [0.29, 0.717) is 22.3 Å². The number of rotatable bonds is 3. The van der Waals surface area contributed by atoms with Gasteiger partial charge in [0.1, 0.15) is 0 Å². The molecule has 0 bridgehead atoms. The number of halogens is 1. The van der Waals surface area contributed by atoms with Crippen molar-refractivity contribution in [3.8, 4) is 0 Å². The molecule has 0 aromatic carbocycles. The molecule has 2 atom stereocenters. The molecule has 1 aliphatic rings. The van der Waals surface area contributed by atoms with Gasteiger partial charge in [-0.3, -0.25) is 10.1 Å². The summed E-state index contributed by atoms with van der Waals surface area (Å²) in [5, 5.41) is 11.2. The Morgan fingerprint density at radius 2 is 2.16 bits per heavy atom. The Labute approximate surface area is 121 Å². The Kier molecular flexibility index (Phi) is 4.39. The van der Waals surface area contributed by atoms with E-state index in [2.05, 4.69) is 27.8 Å². The summed E-state index contributed by atoms with van der Waals surface area (Å²) in [6.45, 7) is 2.21. The standard InChI is InChI=1S/C13H18BrN3O2/c1-9-5-3-4-6-11(9)16(2)13-12(17(18)19)7-10(14)8-15-13/h7-9,11H,3-6H2,1-2H3. The molecule has 0 aliphatic heterocycles. The molecule has 0 N–H and O–H groups in total. The maximum absolute atomic E-state index is 11.2. The molecule has 2 rings (SSSR count). The van der Waals surface area contributed by atoms with Gasteiger partial charge in [-0.15, -0.1) is 0 Å². The number of hydrogen-bond donors (Lipinski definition) is 0. The van der Waals surface area contributed by atoms with Crippen LogP contribution in [0.1, 0.15) is 32.6 Å². The summed E-state index contributed by atoms with van der Waals surface area (Å²) < 4.78 is 0.632. The first-order chi connectivity index (χ1) is 9.00. The molecule has 1 heterocycles. The first kappa shape index (κ1) is 14.2. The average Bonchev–Trinajstić information content (AvgIpc) is 2.38. The predicted octanol–water partition coefficient (Wildman–Crippen LogP) is 3.77. The smallest absolute Gasteiger partial charge is 0.312 e. The van der Waals surface area contributed by atoms with Gasteiger partial charge in [-0.25, -0.2) is 4.98 Å². The lowest BCUT2D eigenvalue weighted by molar-refractivity contribution is -0.384. The summed E-state index contributed by atoms with van der Waals surface area (Å²) in [4.78, 5) is 17.0. The van der Waals surface area contributed by atoms with Gasteiger partial charge in [0.15, 0.2) is 0 Å². The van der Waals surface area contributed by atoms with Crippen molar-refractivity contribution in [2.45, 2.75) is 38.6 Å². The van der Waals surface area contributed by atoms with Gasteiger partial charge in [-0.2, -0.15) is 0 Å². The fourth-order valence-electron chi connectivity index (χ4n) is 2.86. The quantitative estimate of drug-likeness (QED) is 0.626. The summed E-state index contributed by atoms with van der Waals surface area (Å²) in [5.41, 5.74) is 0.0645. The van der Waals surface area contributed by atoms with E-state index in [1.807, 2.05) is 11.9 Å². The molecule has 0 spiro atoms. The van der Waals surface area contributed by atoms with Gasteiger partial charge in [0, 0.05) is 29.8 Å². The van der Waals surface area contributed by atoms with Crippen LogP contribution in [0.2, 0.25) is 0 Å². The first-order valence-corrected chi connectivity index (χ1v) is 7.32. The maximum atomic E-state index is 11.2. The van der Waals surface area contributed by atoms with E-state index in [1.165, 1.54) is 25.3 Å². The fraction of sp³-hybridized carbons (Fsp3) is 0.615. The second-order valence-electron chi connectivity index (χ2n) is 5.19. The maximum Gasteiger partial charge on any atom is 0.312 e. The van der Waals surface area contributed by atoms with Gasteiger partial charge < -0.3 is 4.90 Å². The lowest BCUT2D eigenvalue weighted by Gasteiger charge is -2.36. The minimum atomic E-state index is -0.364. The Hall–Kier alpha value is -1.17. The fourth-order valence-corrected chi connectivity index (χ4v) is 3.18. The predicted molar refractivity (Wildman–Crippen MR) is 78.4 cm³/mol. The van der Waals surface area contributed by atoms with Crippen LogP contribution >= 0.6 is 15.9 Å². The van der Waals surface area contributed by atoms with E-state index >= 15 is 0 Å². The van der Waals surface area contributed by atoms with Crippen LogP contribution in [0.15, 0.2) is 16.7 Å². The third-order valence-electron chi connectivity index (χ3n) is 3.91. The number of anilines is 1. The van der Waals surface area contributed by atoms with Crippen LogP contribution in [-0.4, -0.2) is 23.0 Å². The molecule has 0 amide bonds. The molecule has 19 heavy (non-hydrogen) atoms. The molecule has 0 radical (unpaired) electrons. The minimum absolute atomic E-state index is 0.0645. The lowest BCUT2D eigenvalue weighted by Crippen LogP contribution is -2.39. The molecule has 6 heteroatoms. The van der Waals surface area contributed by atoms with E-state index in [1.54, 1.807) is 6.20 Å². The zero-order valence-corrected chi connectivity index (χ0v) is 12.8. The number of hydrogen-bond acceptors (Lipinski definition) is 4. The van der Waals surface area contributed by atoms with Crippen LogP contribution in [0.4, 0.5) is 11.5 Å². The van der Waals surface area contributed by atoms with Crippen LogP contribution in [-0.2, 0) is 0 Å². The van der Waals surface area contributed by atoms with Crippen LogP contribution in [0.25, 0.3) is 0 Å². The molecule has 1 saturated carbocycles. The summed E-state index contributed by atoms with van der Waals surface area (Å²) in [6.07, 6.45) is 6.31. The number of aromatic nitrogens is 1. The highest BCUT2D eigenvalue weighted by Crippen LogP contribution is 2.34. The number of pyridine rings is 1. The van der Waals surface area contributed by atoms with Crippen molar-refractivity contribution in [1.29, 1.82) is 0 Å². The minimum Gasteiger partial charge on any atom is -0.351 e. The van der Waals surface area contributed by atoms with Crippen molar-refractivity contribution in [3.05, 3.63) is 26.9 Å². The topological polar surface area (TPSA) is 59.3 Å². The van der Waals surface area contributed by atoms with Crippen LogP contribution < -0.4 is 4.90 Å². The Balaban J connectivity index is 2.32. The SMILES string of the molecule is CC1CCCCC1N(C)c1ncc(Br)cc1[N+](=O)[O-]. The van der Waals surface area contributed by atoms with Crippen molar-refractivity contribution in [1.82, 2.24) is 4.98 Å². The second kappa shape index (κ2) is 5.86. The van der Waals surface area contributed by atoms with Crippen LogP contribution in [0, 0.1) is 16.0 Å². The van der Waals surface area contributed by atoms with E-state index in [9.17, 15) is 10.1 Å². The van der Waals surface area contributed by atoms with Crippen LogP contribution in [0.3, 0.4) is 0 Å². The van der Waals surface area contributed by atoms with Gasteiger partial charge in [-0.05, 0) is 34.7 Å². The normalized spacial score (nSPS) is 23.1. The zero-order chi connectivity index (χ0) is 14.0. The molecule has 5 nitrogen and oxygen atoms in total. The largest absolute Gasteiger partial charge is 0.351 e. The van der Waals surface area contributed by atoms with E-state index < -0.39 is 0 Å². The highest BCUT2D eigenvalue weighted by Gasteiger charge is 2.29. The Bertz CT molecular complexity index is 481. The number of nitro groups is 1. The first-order valence-electron chi connectivity index (χ1n) is 6.53. The molecule has 1 aromatic heterocycles. The van der Waals surface area contributed by atoms with Crippen LogP contribution in [0.5, 0.6) is 0 Å². The van der Waals surface area contributed by atoms with Gasteiger partial charge in [0.2, 0.25) is 5.82 Å². The number of nitrogens with zero attached hydrogens (tertiary/aromatic N) is 3. The molecule has 2 unspecified atom stereocenters. The monoisotopic (exact) mass is 327 g/mol. The summed E-state index contributed by atoms with van der Waals surface area (Å²) in [6, 6.07) is 1.85. The molecular formula is C13H18BrN3O2. The average molecular weight is 328 g/mol. The Morgan fingerprint density at radius 3 is 2.79 bits per heavy atom. The van der Waals surface area contributed by atoms with Crippen molar-refractivity contribution >= 4 is 27.4 Å². The van der Waals surface area contributed by atoms with E-state index in [-0.39, 0.29) is 10.6 Å². The third kappa shape index (κ3) is 3.05. The zero-order valence-electron chi connectivity index (χ0n) is 11.2. The highest BCUT2D eigenvalue weighted by atomic mass is 79.9. The second-order valence-corrected chi connectivity index (χ2v) is 6.11. The van der Waals surface area contributed by atoms with Crippen molar-refractivity contribution in [2.24, 2.45) is 5.92 Å². The lowest BCUT2D eigenvalue weighted by atomic mass is 9.85. The molecule has 104 valence electrons. The van der Waals surface area contributed by atoms with Gasteiger partial charge in [0.05, 0.1) is 4.92 Å². The molecule has 0 saturated heterocycles. The van der Waals surface area contributed by atoms with Gasteiger partial charge in [-0.1, -0.05) is 19.8 Å². The van der Waals surface area contributed by atoms with Crippen molar-refractivity contribution < 1.29 is 4.92 Å². The van der Waals surface area contributed by atoms with E-state index in [0.717, 1.165) is 6.42 Å². The van der Waals surface area contributed by atoms with Crippen molar-refractivity contribution in [3.63, 3.8) is 0 Å². The molecular weight excluding hydrogens is 310 g/mol. The van der Waals surface area contributed by atoms with Crippen molar-refractivity contribution in [2.75, 3.05) is 11.9 Å². The molecule has 1 fully saturated rings. The molecule has 1 aromatic rings. The summed E-state index contributed by atoms with van der Waals surface area (Å²) >= 11 is 3.24. The van der Waals surface area contributed by atoms with Gasteiger partial charge >= 0.3 is 5.69 Å². The Morgan fingerprint density at radius 1 is 1.47 bits per heavy atom. The third-order valence-corrected chi connectivity index (χ3v) is 4.34. The summed E-state index contributed by atoms with van der Waals surface area (Å²) in [5.74, 6) is 1.01.